The van der Waals surface area contributed by atoms with Crippen molar-refractivity contribution in [2.45, 2.75) is 12.5 Å². The van der Waals surface area contributed by atoms with E-state index in [1.165, 1.54) is 16.7 Å². The Morgan fingerprint density at radius 2 is 2.28 bits per heavy atom. The molecule has 2 heterocycles. The van der Waals surface area contributed by atoms with Crippen LogP contribution in [-0.4, -0.2) is 18.3 Å². The number of nitrogens with zero attached hydrogens (tertiary/aromatic N) is 1. The van der Waals surface area contributed by atoms with Crippen LogP contribution in [0.3, 0.4) is 0 Å². The first-order valence-corrected chi connectivity index (χ1v) is 5.73. The molecule has 4 nitrogen and oxygen atoms in total. The van der Waals surface area contributed by atoms with E-state index in [0.717, 1.165) is 18.6 Å². The Labute approximate surface area is 112 Å². The van der Waals surface area contributed by atoms with Gasteiger partial charge in [0.2, 0.25) is 0 Å². The number of nitrogens with two attached hydrogens (primary N) is 1. The minimum Gasteiger partial charge on any atom is -0.372 e. The monoisotopic (exact) mass is 266 g/mol. The van der Waals surface area contributed by atoms with Crippen LogP contribution in [-0.2, 0) is 11.2 Å². The van der Waals surface area contributed by atoms with E-state index in [2.05, 4.69) is 17.3 Å². The number of rotatable bonds is 2. The van der Waals surface area contributed by atoms with Gasteiger partial charge in [0.15, 0.2) is 0 Å². The van der Waals surface area contributed by atoms with Crippen molar-refractivity contribution in [1.82, 2.24) is 5.16 Å². The van der Waals surface area contributed by atoms with Gasteiger partial charge >= 0.3 is 0 Å². The number of hydrogen-bond donors (Lipinski definition) is 1. The zero-order chi connectivity index (χ0) is 11.7. The van der Waals surface area contributed by atoms with Crippen LogP contribution in [0.1, 0.15) is 17.2 Å². The molecule has 1 aliphatic heterocycles. The fourth-order valence-corrected chi connectivity index (χ4v) is 2.38. The van der Waals surface area contributed by atoms with Crippen molar-refractivity contribution in [3.05, 3.63) is 41.8 Å². The summed E-state index contributed by atoms with van der Waals surface area (Å²) >= 11 is 0. The topological polar surface area (TPSA) is 61.3 Å². The average molecular weight is 267 g/mol. The van der Waals surface area contributed by atoms with Gasteiger partial charge in [-0.3, -0.25) is 0 Å². The summed E-state index contributed by atoms with van der Waals surface area (Å²) in [6.45, 7) is 1.23. The fraction of sp³-hybridized carbons (Fsp3) is 0.308. The lowest BCUT2D eigenvalue weighted by atomic mass is 9.91. The van der Waals surface area contributed by atoms with E-state index < -0.39 is 0 Å². The maximum atomic E-state index is 5.73. The minimum absolute atomic E-state index is 0. The largest absolute Gasteiger partial charge is 0.372 e. The molecule has 0 fully saturated rings. The number of benzene rings is 1. The molecule has 1 aromatic heterocycles. The molecule has 0 aliphatic carbocycles. The third kappa shape index (κ3) is 2.14. The van der Waals surface area contributed by atoms with Crippen LogP contribution in [0, 0.1) is 0 Å². The Hall–Kier alpha value is -1.36. The van der Waals surface area contributed by atoms with Gasteiger partial charge in [0.05, 0.1) is 18.9 Å². The quantitative estimate of drug-likeness (QED) is 0.906. The normalized spacial score (nSPS) is 17.9. The molecule has 0 amide bonds. The summed E-state index contributed by atoms with van der Waals surface area (Å²) in [4.78, 5) is 0. The second-order valence-electron chi connectivity index (χ2n) is 4.13. The van der Waals surface area contributed by atoms with E-state index in [1.54, 1.807) is 12.5 Å². The minimum atomic E-state index is 0. The lowest BCUT2D eigenvalue weighted by Crippen LogP contribution is -2.23. The number of fused-ring (bicyclic) bond motifs is 1. The highest BCUT2D eigenvalue weighted by Gasteiger charge is 2.22. The van der Waals surface area contributed by atoms with Gasteiger partial charge in [-0.05, 0) is 23.1 Å². The lowest BCUT2D eigenvalue weighted by Gasteiger charge is -2.26. The van der Waals surface area contributed by atoms with Gasteiger partial charge in [-0.25, -0.2) is 0 Å². The summed E-state index contributed by atoms with van der Waals surface area (Å²) in [5.41, 5.74) is 10.4. The molecule has 0 bridgehead atoms. The second-order valence-corrected chi connectivity index (χ2v) is 4.13. The smallest absolute Gasteiger partial charge is 0.131 e. The molecule has 2 aromatic rings. The Morgan fingerprint density at radius 3 is 3.00 bits per heavy atom. The van der Waals surface area contributed by atoms with Crippen LogP contribution >= 0.6 is 12.4 Å². The number of ether oxygens (including phenoxy) is 1. The molecule has 18 heavy (non-hydrogen) atoms. The van der Waals surface area contributed by atoms with Crippen LogP contribution in [0.2, 0.25) is 0 Å². The third-order valence-electron chi connectivity index (χ3n) is 3.19. The van der Waals surface area contributed by atoms with Gasteiger partial charge in [0.25, 0.3) is 0 Å². The highest BCUT2D eigenvalue weighted by molar-refractivity contribution is 5.85. The number of halogens is 1. The lowest BCUT2D eigenvalue weighted by molar-refractivity contribution is 0.0486. The molecule has 5 heteroatoms. The van der Waals surface area contributed by atoms with Gasteiger partial charge < -0.3 is 15.0 Å². The van der Waals surface area contributed by atoms with Crippen LogP contribution in [0.15, 0.2) is 35.2 Å². The van der Waals surface area contributed by atoms with Crippen molar-refractivity contribution in [2.24, 2.45) is 5.73 Å². The Balaban J connectivity index is 0.00000120. The molecule has 96 valence electrons. The molecule has 0 saturated carbocycles. The van der Waals surface area contributed by atoms with Crippen molar-refractivity contribution in [3.8, 4) is 11.1 Å². The van der Waals surface area contributed by atoms with Crippen molar-refractivity contribution >= 4 is 12.4 Å². The van der Waals surface area contributed by atoms with E-state index >= 15 is 0 Å². The molecule has 1 atom stereocenters. The predicted octanol–water partition coefficient (Wildman–Crippen LogP) is 2.34. The fourth-order valence-electron chi connectivity index (χ4n) is 2.38. The molecule has 1 aliphatic rings. The van der Waals surface area contributed by atoms with E-state index in [1.807, 2.05) is 6.07 Å². The van der Waals surface area contributed by atoms with Gasteiger partial charge in [-0.1, -0.05) is 23.4 Å². The maximum absolute atomic E-state index is 5.73. The summed E-state index contributed by atoms with van der Waals surface area (Å²) in [7, 11) is 0. The summed E-state index contributed by atoms with van der Waals surface area (Å²) < 4.78 is 10.6. The summed E-state index contributed by atoms with van der Waals surface area (Å²) in [5, 5.41) is 3.76. The molecule has 0 radical (unpaired) electrons. The highest BCUT2D eigenvalue weighted by atomic mass is 35.5. The first-order chi connectivity index (χ1) is 8.40. The zero-order valence-electron chi connectivity index (χ0n) is 9.83. The maximum Gasteiger partial charge on any atom is 0.131 e. The number of aromatic nitrogens is 1. The van der Waals surface area contributed by atoms with Crippen molar-refractivity contribution in [2.75, 3.05) is 13.2 Å². The first kappa shape index (κ1) is 13.1. The van der Waals surface area contributed by atoms with Crippen LogP contribution in [0.5, 0.6) is 0 Å². The van der Waals surface area contributed by atoms with Crippen LogP contribution in [0.25, 0.3) is 11.1 Å². The standard InChI is InChI=1S/C13H14N2O2.ClH/c14-6-13-12-3-1-2-10(9-7-15-17-8-9)11(12)4-5-16-13;/h1-3,7-8,13H,4-6,14H2;1H/t13-;/m0./s1. The van der Waals surface area contributed by atoms with E-state index in [9.17, 15) is 0 Å². The van der Waals surface area contributed by atoms with E-state index in [-0.39, 0.29) is 18.5 Å². The van der Waals surface area contributed by atoms with E-state index in [4.69, 9.17) is 15.0 Å². The summed E-state index contributed by atoms with van der Waals surface area (Å²) in [5.74, 6) is 0. The Kier molecular flexibility index (Phi) is 4.01. The molecule has 2 N–H and O–H groups in total. The van der Waals surface area contributed by atoms with Crippen LogP contribution < -0.4 is 5.73 Å². The third-order valence-corrected chi connectivity index (χ3v) is 3.19. The molecule has 1 aromatic carbocycles. The van der Waals surface area contributed by atoms with Gasteiger partial charge in [-0.2, -0.15) is 0 Å². The Morgan fingerprint density at radius 1 is 1.39 bits per heavy atom. The van der Waals surface area contributed by atoms with Gasteiger partial charge in [0, 0.05) is 12.1 Å². The van der Waals surface area contributed by atoms with Crippen molar-refractivity contribution in [1.29, 1.82) is 0 Å². The number of hydrogen-bond acceptors (Lipinski definition) is 4. The van der Waals surface area contributed by atoms with Crippen molar-refractivity contribution < 1.29 is 9.26 Å². The second kappa shape index (κ2) is 5.52. The molecular weight excluding hydrogens is 252 g/mol. The predicted molar refractivity (Wildman–Crippen MR) is 70.6 cm³/mol. The van der Waals surface area contributed by atoms with Gasteiger partial charge in [0.1, 0.15) is 6.26 Å². The van der Waals surface area contributed by atoms with Crippen LogP contribution in [0.4, 0.5) is 0 Å². The summed E-state index contributed by atoms with van der Waals surface area (Å²) in [6.07, 6.45) is 4.33. The molecule has 0 unspecified atom stereocenters. The summed E-state index contributed by atoms with van der Waals surface area (Å²) in [6, 6.07) is 6.20. The zero-order valence-corrected chi connectivity index (χ0v) is 10.7. The van der Waals surface area contributed by atoms with E-state index in [0.29, 0.717) is 6.54 Å². The molecular formula is C13H15ClN2O2. The SMILES string of the molecule is Cl.NC[C@@H]1OCCc2c(-c3cnoc3)cccc21. The molecule has 0 spiro atoms. The first-order valence-electron chi connectivity index (χ1n) is 5.73. The van der Waals surface area contributed by atoms with Crippen molar-refractivity contribution in [3.63, 3.8) is 0 Å². The average Bonchev–Trinajstić information content (AvgIpc) is 2.91. The Bertz CT molecular complexity index is 514. The molecule has 0 saturated heterocycles. The highest BCUT2D eigenvalue weighted by Crippen LogP contribution is 2.33. The molecule has 3 rings (SSSR count). The van der Waals surface area contributed by atoms with Gasteiger partial charge in [-0.15, -0.1) is 12.4 Å².